The second-order valence-electron chi connectivity index (χ2n) is 4.29. The Kier molecular flexibility index (Phi) is 5.08. The molecule has 18 heavy (non-hydrogen) atoms. The van der Waals surface area contributed by atoms with E-state index in [1.807, 2.05) is 12.2 Å². The van der Waals surface area contributed by atoms with Gasteiger partial charge in [0.05, 0.1) is 13.2 Å². The lowest BCUT2D eigenvalue weighted by atomic mass is 10.0. The molecule has 0 aromatic heterocycles. The highest BCUT2D eigenvalue weighted by Gasteiger charge is 2.37. The van der Waals surface area contributed by atoms with Crippen LogP contribution in [0.5, 0.6) is 0 Å². The lowest BCUT2D eigenvalue weighted by molar-refractivity contribution is -0.143. The van der Waals surface area contributed by atoms with Gasteiger partial charge in [-0.25, -0.2) is 4.79 Å². The molecule has 0 radical (unpaired) electrons. The standard InChI is InChI=1S/C11H18N2O5/c1-3-18-11(17)12-8(14)6-13-5-4-7(2)9(13)10(15)16/h7,9H,3-6H2,1-2H3,(H,15,16)(H,12,14,17). The average Bonchev–Trinajstić information content (AvgIpc) is 2.59. The van der Waals surface area contributed by atoms with Gasteiger partial charge in [-0.1, -0.05) is 6.92 Å². The smallest absolute Gasteiger partial charge is 0.413 e. The van der Waals surface area contributed by atoms with Crippen LogP contribution < -0.4 is 5.32 Å². The molecule has 1 saturated heterocycles. The van der Waals surface area contributed by atoms with Gasteiger partial charge in [0.1, 0.15) is 6.04 Å². The predicted octanol–water partition coefficient (Wildman–Crippen LogP) is 0.0541. The fourth-order valence-electron chi connectivity index (χ4n) is 2.11. The maximum atomic E-state index is 11.5. The van der Waals surface area contributed by atoms with Crippen molar-refractivity contribution >= 4 is 18.0 Å². The minimum Gasteiger partial charge on any atom is -0.480 e. The van der Waals surface area contributed by atoms with E-state index in [0.29, 0.717) is 6.54 Å². The Balaban J connectivity index is 2.49. The Morgan fingerprint density at radius 3 is 2.67 bits per heavy atom. The Morgan fingerprint density at radius 2 is 2.11 bits per heavy atom. The number of carbonyl (C=O) groups excluding carboxylic acids is 2. The molecule has 0 aromatic rings. The fraction of sp³-hybridized carbons (Fsp3) is 0.727. The number of amides is 2. The average molecular weight is 258 g/mol. The molecule has 0 spiro atoms. The summed E-state index contributed by atoms with van der Waals surface area (Å²) in [5, 5.41) is 11.1. The number of nitrogens with zero attached hydrogens (tertiary/aromatic N) is 1. The van der Waals surface area contributed by atoms with Gasteiger partial charge in [0.2, 0.25) is 5.91 Å². The fourth-order valence-corrected chi connectivity index (χ4v) is 2.11. The molecule has 1 fully saturated rings. The third-order valence-corrected chi connectivity index (χ3v) is 2.92. The molecule has 0 aliphatic carbocycles. The lowest BCUT2D eigenvalue weighted by Crippen LogP contribution is -2.45. The van der Waals surface area contributed by atoms with Gasteiger partial charge in [0, 0.05) is 0 Å². The summed E-state index contributed by atoms with van der Waals surface area (Å²) < 4.78 is 4.57. The number of rotatable bonds is 4. The van der Waals surface area contributed by atoms with Crippen molar-refractivity contribution in [3.05, 3.63) is 0 Å². The van der Waals surface area contributed by atoms with Crippen molar-refractivity contribution in [1.82, 2.24) is 10.2 Å². The molecule has 1 aliphatic rings. The molecular weight excluding hydrogens is 240 g/mol. The summed E-state index contributed by atoms with van der Waals surface area (Å²) in [6.45, 7) is 4.07. The molecule has 1 rings (SSSR count). The van der Waals surface area contributed by atoms with Crippen molar-refractivity contribution in [2.75, 3.05) is 19.7 Å². The van der Waals surface area contributed by atoms with Crippen LogP contribution in [0.25, 0.3) is 0 Å². The maximum Gasteiger partial charge on any atom is 0.413 e. The van der Waals surface area contributed by atoms with Crippen molar-refractivity contribution in [3.63, 3.8) is 0 Å². The summed E-state index contributed by atoms with van der Waals surface area (Å²) in [7, 11) is 0. The Morgan fingerprint density at radius 1 is 1.44 bits per heavy atom. The van der Waals surface area contributed by atoms with Gasteiger partial charge in [-0.3, -0.25) is 19.8 Å². The molecule has 0 aromatic carbocycles. The summed E-state index contributed by atoms with van der Waals surface area (Å²) in [5.74, 6) is -1.49. The molecule has 0 saturated carbocycles. The van der Waals surface area contributed by atoms with Crippen LogP contribution in [0.3, 0.4) is 0 Å². The lowest BCUT2D eigenvalue weighted by Gasteiger charge is -2.22. The molecule has 1 aliphatic heterocycles. The summed E-state index contributed by atoms with van der Waals surface area (Å²) in [6, 6.07) is -0.669. The maximum absolute atomic E-state index is 11.5. The number of carboxylic acid groups (broad SMARTS) is 1. The van der Waals surface area contributed by atoms with E-state index in [0.717, 1.165) is 6.42 Å². The number of imide groups is 1. The largest absolute Gasteiger partial charge is 0.480 e. The minimum absolute atomic E-state index is 0.00195. The van der Waals surface area contributed by atoms with Gasteiger partial charge < -0.3 is 9.84 Å². The number of nitrogens with one attached hydrogen (secondary N) is 1. The topological polar surface area (TPSA) is 95.9 Å². The summed E-state index contributed by atoms with van der Waals surface area (Å²) >= 11 is 0. The normalized spacial score (nSPS) is 23.7. The SMILES string of the molecule is CCOC(=O)NC(=O)CN1CCC(C)C1C(=O)O. The van der Waals surface area contributed by atoms with Gasteiger partial charge in [-0.2, -0.15) is 0 Å². The van der Waals surface area contributed by atoms with Crippen molar-refractivity contribution in [1.29, 1.82) is 0 Å². The van der Waals surface area contributed by atoms with Gasteiger partial charge >= 0.3 is 12.1 Å². The molecule has 102 valence electrons. The van der Waals surface area contributed by atoms with Crippen molar-refractivity contribution in [3.8, 4) is 0 Å². The predicted molar refractivity (Wildman–Crippen MR) is 61.9 cm³/mol. The van der Waals surface area contributed by atoms with E-state index in [-0.39, 0.29) is 19.1 Å². The quantitative estimate of drug-likeness (QED) is 0.740. The highest BCUT2D eigenvalue weighted by Crippen LogP contribution is 2.23. The highest BCUT2D eigenvalue weighted by molar-refractivity contribution is 5.93. The van der Waals surface area contributed by atoms with E-state index in [9.17, 15) is 14.4 Å². The molecule has 7 nitrogen and oxygen atoms in total. The summed E-state index contributed by atoms with van der Waals surface area (Å²) in [6.07, 6.45) is -0.0782. The van der Waals surface area contributed by atoms with Gasteiger partial charge in [-0.15, -0.1) is 0 Å². The van der Waals surface area contributed by atoms with E-state index >= 15 is 0 Å². The molecule has 2 atom stereocenters. The molecular formula is C11H18N2O5. The third-order valence-electron chi connectivity index (χ3n) is 2.92. The van der Waals surface area contributed by atoms with Crippen LogP contribution in [0.1, 0.15) is 20.3 Å². The summed E-state index contributed by atoms with van der Waals surface area (Å²) in [4.78, 5) is 35.2. The first kappa shape index (κ1) is 14.4. The molecule has 2 N–H and O–H groups in total. The van der Waals surface area contributed by atoms with Gasteiger partial charge in [-0.05, 0) is 25.8 Å². The zero-order valence-electron chi connectivity index (χ0n) is 10.5. The third kappa shape index (κ3) is 3.69. The Bertz CT molecular complexity index is 344. The second-order valence-corrected chi connectivity index (χ2v) is 4.29. The van der Waals surface area contributed by atoms with Crippen molar-refractivity contribution in [2.24, 2.45) is 5.92 Å². The number of hydrogen-bond donors (Lipinski definition) is 2. The second kappa shape index (κ2) is 6.34. The minimum atomic E-state index is -0.941. The van der Waals surface area contributed by atoms with E-state index < -0.39 is 24.0 Å². The zero-order chi connectivity index (χ0) is 13.7. The van der Waals surface area contributed by atoms with Crippen LogP contribution in [0.4, 0.5) is 4.79 Å². The van der Waals surface area contributed by atoms with E-state index in [4.69, 9.17) is 5.11 Å². The first-order valence-electron chi connectivity index (χ1n) is 5.89. The number of hydrogen-bond acceptors (Lipinski definition) is 5. The monoisotopic (exact) mass is 258 g/mol. The number of likely N-dealkylation sites (tertiary alicyclic amines) is 1. The van der Waals surface area contributed by atoms with Crippen LogP contribution in [-0.4, -0.2) is 53.7 Å². The number of aliphatic carboxylic acids is 1. The number of ether oxygens (including phenoxy) is 1. The van der Waals surface area contributed by atoms with Crippen molar-refractivity contribution < 1.29 is 24.2 Å². The van der Waals surface area contributed by atoms with Crippen LogP contribution in [0.15, 0.2) is 0 Å². The number of carbonyl (C=O) groups is 3. The first-order valence-corrected chi connectivity index (χ1v) is 5.89. The summed E-state index contributed by atoms with van der Waals surface area (Å²) in [5.41, 5.74) is 0. The zero-order valence-corrected chi connectivity index (χ0v) is 10.5. The van der Waals surface area contributed by atoms with E-state index in [1.165, 1.54) is 0 Å². The first-order chi connectivity index (χ1) is 8.45. The van der Waals surface area contributed by atoms with Crippen LogP contribution >= 0.6 is 0 Å². The molecule has 1 heterocycles. The van der Waals surface area contributed by atoms with Crippen LogP contribution in [0, 0.1) is 5.92 Å². The van der Waals surface area contributed by atoms with Crippen molar-refractivity contribution in [2.45, 2.75) is 26.3 Å². The molecule has 0 bridgehead atoms. The van der Waals surface area contributed by atoms with Crippen LogP contribution in [0.2, 0.25) is 0 Å². The highest BCUT2D eigenvalue weighted by atomic mass is 16.5. The van der Waals surface area contributed by atoms with Gasteiger partial charge in [0.25, 0.3) is 0 Å². The number of alkyl carbamates (subject to hydrolysis) is 1. The Labute approximate surface area is 105 Å². The van der Waals surface area contributed by atoms with Crippen LogP contribution in [-0.2, 0) is 14.3 Å². The van der Waals surface area contributed by atoms with E-state index in [1.54, 1.807) is 11.8 Å². The molecule has 7 heteroatoms. The number of carboxylic acids is 1. The Hall–Kier alpha value is -1.63. The van der Waals surface area contributed by atoms with Gasteiger partial charge in [0.15, 0.2) is 0 Å². The molecule has 2 amide bonds. The molecule has 2 unspecified atom stereocenters. The van der Waals surface area contributed by atoms with E-state index in [2.05, 4.69) is 4.74 Å².